The highest BCUT2D eigenvalue weighted by Crippen LogP contribution is 2.27. The first-order chi connectivity index (χ1) is 9.22. The summed E-state index contributed by atoms with van der Waals surface area (Å²) in [6.07, 6.45) is 3.50. The van der Waals surface area contributed by atoms with Crippen molar-refractivity contribution < 1.29 is 0 Å². The molecule has 0 saturated heterocycles. The van der Waals surface area contributed by atoms with Gasteiger partial charge in [-0.25, -0.2) is 9.50 Å². The first-order valence-corrected chi connectivity index (χ1v) is 7.20. The molecule has 0 atom stereocenters. The zero-order valence-electron chi connectivity index (χ0n) is 9.62. The second kappa shape index (κ2) is 5.36. The first-order valence-electron chi connectivity index (χ1n) is 5.46. The van der Waals surface area contributed by atoms with Crippen molar-refractivity contribution in [3.05, 3.63) is 52.3 Å². The fourth-order valence-corrected chi connectivity index (χ4v) is 2.94. The number of hydrogen-bond donors (Lipinski definition) is 0. The molecule has 0 aliphatic heterocycles. The van der Waals surface area contributed by atoms with Crippen LogP contribution in [0.1, 0.15) is 5.56 Å². The van der Waals surface area contributed by atoms with E-state index in [0.29, 0.717) is 26.7 Å². The third-order valence-corrected chi connectivity index (χ3v) is 3.94. The van der Waals surface area contributed by atoms with Gasteiger partial charge >= 0.3 is 0 Å². The Hall–Kier alpha value is -1.30. The van der Waals surface area contributed by atoms with Crippen molar-refractivity contribution in [1.29, 1.82) is 0 Å². The summed E-state index contributed by atoms with van der Waals surface area (Å²) in [5.74, 6) is 1.28. The van der Waals surface area contributed by atoms with Crippen molar-refractivity contribution in [2.45, 2.75) is 10.9 Å². The number of rotatable bonds is 3. The van der Waals surface area contributed by atoms with Crippen LogP contribution in [0.4, 0.5) is 0 Å². The molecule has 3 rings (SSSR count). The Bertz CT molecular complexity index is 696. The summed E-state index contributed by atoms with van der Waals surface area (Å²) in [4.78, 5) is 8.43. The van der Waals surface area contributed by atoms with Crippen LogP contribution in [0.15, 0.2) is 41.8 Å². The minimum absolute atomic E-state index is 0.590. The fourth-order valence-electron chi connectivity index (χ4n) is 1.56. The molecule has 0 aliphatic carbocycles. The average Bonchev–Trinajstić information content (AvgIpc) is 2.80. The minimum Gasteiger partial charge on any atom is -0.220 e. The van der Waals surface area contributed by atoms with Gasteiger partial charge in [0, 0.05) is 28.2 Å². The van der Waals surface area contributed by atoms with Gasteiger partial charge in [-0.05, 0) is 23.8 Å². The third kappa shape index (κ3) is 2.83. The monoisotopic (exact) mass is 310 g/mol. The molecular formula is C12H8Cl2N4S. The molecule has 0 aliphatic rings. The van der Waals surface area contributed by atoms with E-state index in [4.69, 9.17) is 23.2 Å². The second-order valence-corrected chi connectivity index (χ2v) is 5.57. The van der Waals surface area contributed by atoms with Gasteiger partial charge in [-0.2, -0.15) is 4.98 Å². The number of aromatic nitrogens is 4. The van der Waals surface area contributed by atoms with Gasteiger partial charge in [0.2, 0.25) is 5.16 Å². The average molecular weight is 311 g/mol. The Morgan fingerprint density at radius 3 is 2.95 bits per heavy atom. The number of halogens is 2. The predicted molar refractivity (Wildman–Crippen MR) is 76.8 cm³/mol. The van der Waals surface area contributed by atoms with Crippen LogP contribution in [0.3, 0.4) is 0 Å². The maximum atomic E-state index is 6.12. The summed E-state index contributed by atoms with van der Waals surface area (Å²) in [6, 6.07) is 7.28. The van der Waals surface area contributed by atoms with E-state index in [1.807, 2.05) is 24.4 Å². The van der Waals surface area contributed by atoms with Crippen LogP contribution >= 0.6 is 35.0 Å². The zero-order valence-corrected chi connectivity index (χ0v) is 12.0. The lowest BCUT2D eigenvalue weighted by molar-refractivity contribution is 0.879. The molecule has 2 heterocycles. The van der Waals surface area contributed by atoms with E-state index < -0.39 is 0 Å². The summed E-state index contributed by atoms with van der Waals surface area (Å²) in [7, 11) is 0. The Morgan fingerprint density at radius 1 is 1.26 bits per heavy atom. The Balaban J connectivity index is 1.78. The largest absolute Gasteiger partial charge is 0.253 e. The van der Waals surface area contributed by atoms with Gasteiger partial charge in [-0.15, -0.1) is 5.10 Å². The van der Waals surface area contributed by atoms with Crippen LogP contribution < -0.4 is 0 Å². The second-order valence-electron chi connectivity index (χ2n) is 3.78. The quantitative estimate of drug-likeness (QED) is 0.691. The maximum Gasteiger partial charge on any atom is 0.253 e. The van der Waals surface area contributed by atoms with Gasteiger partial charge in [0.05, 0.1) is 0 Å². The van der Waals surface area contributed by atoms with Crippen LogP contribution in [0, 0.1) is 0 Å². The Morgan fingerprint density at radius 2 is 2.16 bits per heavy atom. The molecule has 1 aromatic carbocycles. The third-order valence-electron chi connectivity index (χ3n) is 2.47. The molecule has 0 radical (unpaired) electrons. The molecule has 0 fully saturated rings. The highest BCUT2D eigenvalue weighted by atomic mass is 35.5. The highest BCUT2D eigenvalue weighted by Gasteiger charge is 2.07. The lowest BCUT2D eigenvalue weighted by Crippen LogP contribution is -1.87. The Kier molecular flexibility index (Phi) is 3.59. The molecule has 3 aromatic rings. The van der Waals surface area contributed by atoms with Crippen LogP contribution in [-0.2, 0) is 5.75 Å². The number of hydrogen-bond acceptors (Lipinski definition) is 4. The molecule has 2 aromatic heterocycles. The van der Waals surface area contributed by atoms with Gasteiger partial charge in [0.25, 0.3) is 5.78 Å². The molecule has 19 heavy (non-hydrogen) atoms. The molecule has 0 N–H and O–H groups in total. The lowest BCUT2D eigenvalue weighted by atomic mass is 10.2. The predicted octanol–water partition coefficient (Wildman–Crippen LogP) is 3.72. The molecule has 0 bridgehead atoms. The number of benzene rings is 1. The van der Waals surface area contributed by atoms with E-state index >= 15 is 0 Å². The number of nitrogens with zero attached hydrogens (tertiary/aromatic N) is 4. The molecule has 0 unspecified atom stereocenters. The van der Waals surface area contributed by atoms with Crippen LogP contribution in [-0.4, -0.2) is 19.6 Å². The zero-order chi connectivity index (χ0) is 13.2. The first kappa shape index (κ1) is 12.7. The van der Waals surface area contributed by atoms with Crippen molar-refractivity contribution in [1.82, 2.24) is 19.6 Å². The van der Waals surface area contributed by atoms with Crippen molar-refractivity contribution in [2.75, 3.05) is 0 Å². The minimum atomic E-state index is 0.590. The fraction of sp³-hybridized carbons (Fsp3) is 0.0833. The summed E-state index contributed by atoms with van der Waals surface area (Å²) in [5, 5.41) is 6.27. The van der Waals surface area contributed by atoms with Gasteiger partial charge in [0.1, 0.15) is 0 Å². The van der Waals surface area contributed by atoms with Gasteiger partial charge in [-0.3, -0.25) is 0 Å². The number of fused-ring (bicyclic) bond motifs is 1. The SMILES string of the molecule is Clc1ccc(CSc2nc3ncccn3n2)c(Cl)c1. The van der Waals surface area contributed by atoms with Crippen molar-refractivity contribution in [3.63, 3.8) is 0 Å². The summed E-state index contributed by atoms with van der Waals surface area (Å²) >= 11 is 13.5. The van der Waals surface area contributed by atoms with Gasteiger partial charge < -0.3 is 0 Å². The van der Waals surface area contributed by atoms with Gasteiger partial charge in [-0.1, -0.05) is 41.0 Å². The van der Waals surface area contributed by atoms with Crippen molar-refractivity contribution in [2.24, 2.45) is 0 Å². The smallest absolute Gasteiger partial charge is 0.220 e. The summed E-state index contributed by atoms with van der Waals surface area (Å²) < 4.78 is 1.64. The van der Waals surface area contributed by atoms with E-state index in [1.165, 1.54) is 11.8 Å². The van der Waals surface area contributed by atoms with Crippen LogP contribution in [0.25, 0.3) is 5.78 Å². The van der Waals surface area contributed by atoms with Gasteiger partial charge in [0.15, 0.2) is 0 Å². The van der Waals surface area contributed by atoms with Crippen molar-refractivity contribution in [3.8, 4) is 0 Å². The lowest BCUT2D eigenvalue weighted by Gasteiger charge is -2.02. The molecule has 0 amide bonds. The molecular weight excluding hydrogens is 303 g/mol. The molecule has 96 valence electrons. The normalized spacial score (nSPS) is 11.1. The Labute approximate surface area is 123 Å². The van der Waals surface area contributed by atoms with E-state index in [2.05, 4.69) is 15.1 Å². The summed E-state index contributed by atoms with van der Waals surface area (Å²) in [5.41, 5.74) is 1.00. The topological polar surface area (TPSA) is 43.1 Å². The molecule has 0 spiro atoms. The van der Waals surface area contributed by atoms with Crippen LogP contribution in [0.2, 0.25) is 10.0 Å². The molecule has 7 heteroatoms. The van der Waals surface area contributed by atoms with E-state index in [-0.39, 0.29) is 0 Å². The summed E-state index contributed by atoms with van der Waals surface area (Å²) in [6.45, 7) is 0. The standard InChI is InChI=1S/C12H8Cl2N4S/c13-9-3-2-8(10(14)6-9)7-19-12-16-11-15-4-1-5-18(11)17-12/h1-6H,7H2. The molecule has 4 nitrogen and oxygen atoms in total. The molecule has 0 saturated carbocycles. The van der Waals surface area contributed by atoms with E-state index in [1.54, 1.807) is 16.8 Å². The van der Waals surface area contributed by atoms with E-state index in [9.17, 15) is 0 Å². The number of thioether (sulfide) groups is 1. The van der Waals surface area contributed by atoms with Crippen LogP contribution in [0.5, 0.6) is 0 Å². The van der Waals surface area contributed by atoms with Crippen molar-refractivity contribution >= 4 is 40.7 Å². The van der Waals surface area contributed by atoms with E-state index in [0.717, 1.165) is 5.56 Å². The highest BCUT2D eigenvalue weighted by molar-refractivity contribution is 7.98. The maximum absolute atomic E-state index is 6.12.